The van der Waals surface area contributed by atoms with Gasteiger partial charge in [0.2, 0.25) is 0 Å². The lowest BCUT2D eigenvalue weighted by Gasteiger charge is -2.33. The fourth-order valence-corrected chi connectivity index (χ4v) is 2.94. The van der Waals surface area contributed by atoms with Gasteiger partial charge in [-0.05, 0) is 37.5 Å². The lowest BCUT2D eigenvalue weighted by molar-refractivity contribution is 0.131. The molecule has 0 aromatic rings. The molecule has 1 N–H and O–H groups in total. The van der Waals surface area contributed by atoms with Gasteiger partial charge in [-0.1, -0.05) is 33.6 Å². The maximum Gasteiger partial charge on any atom is 0.0618 e. The third kappa shape index (κ3) is 5.39. The maximum absolute atomic E-state index is 5.30. The highest BCUT2D eigenvalue weighted by atomic mass is 16.5. The fourth-order valence-electron chi connectivity index (χ4n) is 2.94. The molecule has 0 saturated heterocycles. The molecule has 2 heteroatoms. The molecule has 1 atom stereocenters. The molecule has 2 nitrogen and oxygen atoms in total. The van der Waals surface area contributed by atoms with Crippen LogP contribution in [0, 0.1) is 11.8 Å². The van der Waals surface area contributed by atoms with Crippen molar-refractivity contribution in [3.8, 4) is 0 Å². The normalized spacial score (nSPS) is 27.4. The highest BCUT2D eigenvalue weighted by molar-refractivity contribution is 4.81. The Labute approximate surface area is 108 Å². The molecule has 1 aliphatic rings. The van der Waals surface area contributed by atoms with Crippen molar-refractivity contribution in [2.45, 2.75) is 71.4 Å². The van der Waals surface area contributed by atoms with E-state index in [1.54, 1.807) is 7.11 Å². The van der Waals surface area contributed by atoms with E-state index in [9.17, 15) is 0 Å². The highest BCUT2D eigenvalue weighted by Gasteiger charge is 2.23. The van der Waals surface area contributed by atoms with Gasteiger partial charge in [0.05, 0.1) is 6.61 Å². The summed E-state index contributed by atoms with van der Waals surface area (Å²) in [6.45, 7) is 7.70. The largest absolute Gasteiger partial charge is 0.383 e. The first-order valence-electron chi connectivity index (χ1n) is 7.42. The molecule has 1 unspecified atom stereocenters. The van der Waals surface area contributed by atoms with E-state index in [0.717, 1.165) is 18.6 Å². The van der Waals surface area contributed by atoms with Crippen molar-refractivity contribution in [3.63, 3.8) is 0 Å². The van der Waals surface area contributed by atoms with Crippen LogP contribution in [0.5, 0.6) is 0 Å². The molecule has 1 aliphatic carbocycles. The molecule has 102 valence electrons. The second-order valence-corrected chi connectivity index (χ2v) is 5.98. The highest BCUT2D eigenvalue weighted by Crippen LogP contribution is 2.28. The van der Waals surface area contributed by atoms with Crippen LogP contribution in [-0.4, -0.2) is 25.8 Å². The van der Waals surface area contributed by atoms with Crippen molar-refractivity contribution in [1.82, 2.24) is 5.32 Å². The topological polar surface area (TPSA) is 21.3 Å². The molecule has 0 aliphatic heterocycles. The minimum absolute atomic E-state index is 0.521. The Morgan fingerprint density at radius 2 is 1.82 bits per heavy atom. The minimum atomic E-state index is 0.521. The van der Waals surface area contributed by atoms with Crippen molar-refractivity contribution in [1.29, 1.82) is 0 Å². The van der Waals surface area contributed by atoms with Crippen LogP contribution in [0.15, 0.2) is 0 Å². The number of rotatable bonds is 7. The average Bonchev–Trinajstić information content (AvgIpc) is 2.31. The van der Waals surface area contributed by atoms with Gasteiger partial charge in [-0.2, -0.15) is 0 Å². The van der Waals surface area contributed by atoms with Crippen LogP contribution in [0.4, 0.5) is 0 Å². The zero-order valence-electron chi connectivity index (χ0n) is 12.2. The Bertz CT molecular complexity index is 185. The quantitative estimate of drug-likeness (QED) is 0.735. The van der Waals surface area contributed by atoms with Crippen LogP contribution in [0.2, 0.25) is 0 Å². The Balaban J connectivity index is 2.28. The van der Waals surface area contributed by atoms with Gasteiger partial charge in [0, 0.05) is 19.2 Å². The zero-order valence-corrected chi connectivity index (χ0v) is 12.2. The number of ether oxygens (including phenoxy) is 1. The molecule has 0 radical (unpaired) electrons. The van der Waals surface area contributed by atoms with Crippen LogP contribution in [0.25, 0.3) is 0 Å². The van der Waals surface area contributed by atoms with Crippen molar-refractivity contribution in [3.05, 3.63) is 0 Å². The van der Waals surface area contributed by atoms with Crippen molar-refractivity contribution >= 4 is 0 Å². The third-order valence-electron chi connectivity index (χ3n) is 4.14. The molecule has 0 amide bonds. The summed E-state index contributed by atoms with van der Waals surface area (Å²) in [5, 5.41) is 3.79. The van der Waals surface area contributed by atoms with Crippen LogP contribution >= 0.6 is 0 Å². The second-order valence-electron chi connectivity index (χ2n) is 5.98. The van der Waals surface area contributed by atoms with Gasteiger partial charge in [0.15, 0.2) is 0 Å². The van der Waals surface area contributed by atoms with E-state index in [4.69, 9.17) is 4.74 Å². The van der Waals surface area contributed by atoms with E-state index < -0.39 is 0 Å². The Morgan fingerprint density at radius 3 is 2.29 bits per heavy atom. The van der Waals surface area contributed by atoms with Crippen LogP contribution in [0.1, 0.15) is 59.3 Å². The molecule has 0 heterocycles. The Kier molecular flexibility index (Phi) is 7.14. The van der Waals surface area contributed by atoms with Gasteiger partial charge in [0.1, 0.15) is 0 Å². The van der Waals surface area contributed by atoms with Crippen molar-refractivity contribution in [2.24, 2.45) is 11.8 Å². The van der Waals surface area contributed by atoms with E-state index in [1.165, 1.54) is 38.5 Å². The Morgan fingerprint density at radius 1 is 1.18 bits per heavy atom. The van der Waals surface area contributed by atoms with Gasteiger partial charge >= 0.3 is 0 Å². The molecule has 0 bridgehead atoms. The van der Waals surface area contributed by atoms with Crippen LogP contribution in [-0.2, 0) is 4.74 Å². The second kappa shape index (κ2) is 8.10. The molecule has 0 aromatic carbocycles. The van der Waals surface area contributed by atoms with Gasteiger partial charge in [0.25, 0.3) is 0 Å². The average molecular weight is 241 g/mol. The molecule has 0 spiro atoms. The van der Waals surface area contributed by atoms with Gasteiger partial charge in [-0.3, -0.25) is 0 Å². The molecule has 17 heavy (non-hydrogen) atoms. The summed E-state index contributed by atoms with van der Waals surface area (Å²) in [7, 11) is 1.80. The predicted octanol–water partition coefficient (Wildman–Crippen LogP) is 3.61. The van der Waals surface area contributed by atoms with Crippen molar-refractivity contribution in [2.75, 3.05) is 13.7 Å². The third-order valence-corrected chi connectivity index (χ3v) is 4.14. The van der Waals surface area contributed by atoms with Gasteiger partial charge in [-0.15, -0.1) is 0 Å². The number of hydrogen-bond donors (Lipinski definition) is 1. The summed E-state index contributed by atoms with van der Waals surface area (Å²) < 4.78 is 5.30. The molecule has 1 fully saturated rings. The summed E-state index contributed by atoms with van der Waals surface area (Å²) in [6, 6.07) is 1.25. The molecular formula is C15H31NO. The Hall–Kier alpha value is -0.0800. The van der Waals surface area contributed by atoms with Gasteiger partial charge in [-0.25, -0.2) is 0 Å². The lowest BCUT2D eigenvalue weighted by atomic mass is 9.83. The lowest BCUT2D eigenvalue weighted by Crippen LogP contribution is -2.45. The smallest absolute Gasteiger partial charge is 0.0618 e. The number of nitrogens with one attached hydrogen (secondary N) is 1. The standard InChI is InChI=1S/C15H31NO/c1-5-6-13-7-9-14(10-8-13)16-15(11-17-4)12(2)3/h12-16H,5-11H2,1-4H3. The van der Waals surface area contributed by atoms with E-state index in [2.05, 4.69) is 26.1 Å². The van der Waals surface area contributed by atoms with E-state index in [-0.39, 0.29) is 0 Å². The van der Waals surface area contributed by atoms with Crippen LogP contribution < -0.4 is 5.32 Å². The van der Waals surface area contributed by atoms with E-state index >= 15 is 0 Å². The number of hydrogen-bond acceptors (Lipinski definition) is 2. The summed E-state index contributed by atoms with van der Waals surface area (Å²) in [5.74, 6) is 1.65. The summed E-state index contributed by atoms with van der Waals surface area (Å²) in [4.78, 5) is 0. The zero-order chi connectivity index (χ0) is 12.7. The predicted molar refractivity (Wildman–Crippen MR) is 74.3 cm³/mol. The SMILES string of the molecule is CCCC1CCC(NC(COC)C(C)C)CC1. The molecule has 1 saturated carbocycles. The van der Waals surface area contributed by atoms with E-state index in [1.807, 2.05) is 0 Å². The molecule has 0 aromatic heterocycles. The van der Waals surface area contributed by atoms with Crippen LogP contribution in [0.3, 0.4) is 0 Å². The summed E-state index contributed by atoms with van der Waals surface area (Å²) in [5.41, 5.74) is 0. The monoisotopic (exact) mass is 241 g/mol. The molecular weight excluding hydrogens is 210 g/mol. The van der Waals surface area contributed by atoms with Crippen molar-refractivity contribution < 1.29 is 4.74 Å². The van der Waals surface area contributed by atoms with E-state index in [0.29, 0.717) is 12.0 Å². The fraction of sp³-hybridized carbons (Fsp3) is 1.00. The number of methoxy groups -OCH3 is 1. The minimum Gasteiger partial charge on any atom is -0.383 e. The van der Waals surface area contributed by atoms with Gasteiger partial charge < -0.3 is 10.1 Å². The summed E-state index contributed by atoms with van der Waals surface area (Å²) in [6.07, 6.45) is 8.33. The first-order valence-corrected chi connectivity index (χ1v) is 7.42. The summed E-state index contributed by atoms with van der Waals surface area (Å²) >= 11 is 0. The first kappa shape index (κ1) is 15.0. The molecule has 1 rings (SSSR count). The maximum atomic E-state index is 5.30. The first-order chi connectivity index (χ1) is 8.17.